The second-order valence-electron chi connectivity index (χ2n) is 4.52. The van der Waals surface area contributed by atoms with Gasteiger partial charge >= 0.3 is 5.97 Å². The Labute approximate surface area is 101 Å². The van der Waals surface area contributed by atoms with Crippen LogP contribution >= 0.6 is 0 Å². The topological polar surface area (TPSA) is 66.6 Å². The Morgan fingerprint density at radius 3 is 3.00 bits per heavy atom. The monoisotopic (exact) mass is 234 g/mol. The molecule has 0 radical (unpaired) electrons. The van der Waals surface area contributed by atoms with Gasteiger partial charge in [0, 0.05) is 18.8 Å². The van der Waals surface area contributed by atoms with Gasteiger partial charge in [0.25, 0.3) is 0 Å². The van der Waals surface area contributed by atoms with E-state index in [9.17, 15) is 9.90 Å². The first-order valence-corrected chi connectivity index (χ1v) is 5.92. The summed E-state index contributed by atoms with van der Waals surface area (Å²) in [5.41, 5.74) is 9.04. The fraction of sp³-hybridized carbons (Fsp3) is 0.462. The van der Waals surface area contributed by atoms with E-state index in [2.05, 4.69) is 13.0 Å². The molecule has 1 aromatic carbocycles. The molecule has 0 aromatic heterocycles. The van der Waals surface area contributed by atoms with E-state index in [1.54, 1.807) is 0 Å². The van der Waals surface area contributed by atoms with E-state index in [-0.39, 0.29) is 6.54 Å². The van der Waals surface area contributed by atoms with Gasteiger partial charge in [-0.25, -0.2) is 4.79 Å². The summed E-state index contributed by atoms with van der Waals surface area (Å²) in [6.07, 6.45) is 2.00. The first-order chi connectivity index (χ1) is 8.13. The molecule has 1 unspecified atom stereocenters. The van der Waals surface area contributed by atoms with Crippen LogP contribution in [0.4, 0.5) is 5.69 Å². The van der Waals surface area contributed by atoms with Crippen LogP contribution in [0.1, 0.15) is 17.5 Å². The Kier molecular flexibility index (Phi) is 3.33. The molecule has 1 heterocycles. The lowest BCUT2D eigenvalue weighted by Gasteiger charge is -2.35. The Hall–Kier alpha value is -1.55. The number of nitrogens with zero attached hydrogens (tertiary/aromatic N) is 1. The summed E-state index contributed by atoms with van der Waals surface area (Å²) in [6, 6.07) is 5.55. The summed E-state index contributed by atoms with van der Waals surface area (Å²) < 4.78 is 0. The summed E-state index contributed by atoms with van der Waals surface area (Å²) >= 11 is 0. The standard InChI is InChI=1S/C13H18N2O2/c1-9-4-5-11-10(7-9)3-2-6-15(11)12(8-14)13(16)17/h4-5,7,12H,2-3,6,8,14H2,1H3,(H,16,17). The second-order valence-corrected chi connectivity index (χ2v) is 4.52. The highest BCUT2D eigenvalue weighted by Crippen LogP contribution is 2.29. The molecule has 2 rings (SSSR count). The van der Waals surface area contributed by atoms with Crippen molar-refractivity contribution >= 4 is 11.7 Å². The predicted molar refractivity (Wildman–Crippen MR) is 67.3 cm³/mol. The van der Waals surface area contributed by atoms with Crippen LogP contribution < -0.4 is 10.6 Å². The van der Waals surface area contributed by atoms with Crippen molar-refractivity contribution in [1.82, 2.24) is 0 Å². The van der Waals surface area contributed by atoms with E-state index in [0.29, 0.717) is 0 Å². The van der Waals surface area contributed by atoms with Gasteiger partial charge in [-0.3, -0.25) is 0 Å². The molecular formula is C13H18N2O2. The van der Waals surface area contributed by atoms with Crippen molar-refractivity contribution < 1.29 is 9.90 Å². The number of nitrogens with two attached hydrogens (primary N) is 1. The van der Waals surface area contributed by atoms with E-state index < -0.39 is 12.0 Å². The van der Waals surface area contributed by atoms with Gasteiger partial charge in [-0.15, -0.1) is 0 Å². The van der Waals surface area contributed by atoms with Gasteiger partial charge in [-0.05, 0) is 31.4 Å². The van der Waals surface area contributed by atoms with E-state index in [4.69, 9.17) is 5.73 Å². The highest BCUT2D eigenvalue weighted by Gasteiger charge is 2.28. The van der Waals surface area contributed by atoms with Gasteiger partial charge < -0.3 is 15.7 Å². The van der Waals surface area contributed by atoms with Crippen molar-refractivity contribution in [2.24, 2.45) is 5.73 Å². The molecule has 92 valence electrons. The average Bonchev–Trinajstić information content (AvgIpc) is 2.29. The molecule has 0 spiro atoms. The minimum Gasteiger partial charge on any atom is -0.480 e. The number of anilines is 1. The number of carbonyl (C=O) groups is 1. The summed E-state index contributed by atoms with van der Waals surface area (Å²) in [5, 5.41) is 9.18. The zero-order valence-electron chi connectivity index (χ0n) is 10.0. The van der Waals surface area contributed by atoms with Crippen LogP contribution in [0.5, 0.6) is 0 Å². The van der Waals surface area contributed by atoms with E-state index >= 15 is 0 Å². The number of carboxylic acid groups (broad SMARTS) is 1. The van der Waals surface area contributed by atoms with Gasteiger partial charge in [0.15, 0.2) is 0 Å². The van der Waals surface area contributed by atoms with Gasteiger partial charge in [0.05, 0.1) is 0 Å². The quantitative estimate of drug-likeness (QED) is 0.823. The molecule has 0 saturated heterocycles. The van der Waals surface area contributed by atoms with Gasteiger partial charge in [0.1, 0.15) is 6.04 Å². The first-order valence-electron chi connectivity index (χ1n) is 5.92. The number of aryl methyl sites for hydroxylation is 2. The van der Waals surface area contributed by atoms with Crippen molar-refractivity contribution in [3.8, 4) is 0 Å². The van der Waals surface area contributed by atoms with Crippen molar-refractivity contribution in [2.75, 3.05) is 18.0 Å². The molecule has 0 amide bonds. The molecule has 4 nitrogen and oxygen atoms in total. The molecule has 0 aliphatic carbocycles. The third kappa shape index (κ3) is 2.26. The fourth-order valence-electron chi connectivity index (χ4n) is 2.44. The van der Waals surface area contributed by atoms with E-state index in [1.807, 2.05) is 17.0 Å². The highest BCUT2D eigenvalue weighted by molar-refractivity contribution is 5.79. The Morgan fingerprint density at radius 1 is 1.59 bits per heavy atom. The number of rotatable bonds is 3. The smallest absolute Gasteiger partial charge is 0.327 e. The Balaban J connectivity index is 2.37. The minimum absolute atomic E-state index is 0.142. The third-order valence-electron chi connectivity index (χ3n) is 3.27. The van der Waals surface area contributed by atoms with Crippen molar-refractivity contribution in [3.63, 3.8) is 0 Å². The van der Waals surface area contributed by atoms with Gasteiger partial charge in [-0.1, -0.05) is 17.7 Å². The Morgan fingerprint density at radius 2 is 2.35 bits per heavy atom. The highest BCUT2D eigenvalue weighted by atomic mass is 16.4. The number of fused-ring (bicyclic) bond motifs is 1. The minimum atomic E-state index is -0.846. The van der Waals surface area contributed by atoms with Crippen LogP contribution in [0.25, 0.3) is 0 Å². The first kappa shape index (κ1) is 11.9. The second kappa shape index (κ2) is 4.75. The number of benzene rings is 1. The molecular weight excluding hydrogens is 216 g/mol. The number of aliphatic carboxylic acids is 1. The zero-order chi connectivity index (χ0) is 12.4. The number of hydrogen-bond donors (Lipinski definition) is 2. The predicted octanol–water partition coefficient (Wildman–Crippen LogP) is 1.16. The third-order valence-corrected chi connectivity index (χ3v) is 3.27. The van der Waals surface area contributed by atoms with Gasteiger partial charge in [-0.2, -0.15) is 0 Å². The maximum absolute atomic E-state index is 11.2. The number of hydrogen-bond acceptors (Lipinski definition) is 3. The molecule has 3 N–H and O–H groups in total. The molecule has 1 atom stereocenters. The van der Waals surface area contributed by atoms with Crippen LogP contribution in [0, 0.1) is 6.92 Å². The fourth-order valence-corrected chi connectivity index (χ4v) is 2.44. The normalized spacial score (nSPS) is 16.5. The van der Waals surface area contributed by atoms with Crippen LogP contribution in [0.3, 0.4) is 0 Å². The molecule has 17 heavy (non-hydrogen) atoms. The van der Waals surface area contributed by atoms with E-state index in [1.165, 1.54) is 11.1 Å². The lowest BCUT2D eigenvalue weighted by Crippen LogP contribution is -2.48. The summed E-state index contributed by atoms with van der Waals surface area (Å²) in [5.74, 6) is -0.846. The van der Waals surface area contributed by atoms with Crippen molar-refractivity contribution in [2.45, 2.75) is 25.8 Å². The van der Waals surface area contributed by atoms with Crippen LogP contribution in [-0.2, 0) is 11.2 Å². The molecule has 1 aromatic rings. The van der Waals surface area contributed by atoms with Crippen LogP contribution in [0.2, 0.25) is 0 Å². The van der Waals surface area contributed by atoms with Crippen molar-refractivity contribution in [3.05, 3.63) is 29.3 Å². The lowest BCUT2D eigenvalue weighted by molar-refractivity contribution is -0.138. The van der Waals surface area contributed by atoms with Gasteiger partial charge in [0.2, 0.25) is 0 Å². The maximum Gasteiger partial charge on any atom is 0.327 e. The largest absolute Gasteiger partial charge is 0.480 e. The molecule has 0 bridgehead atoms. The summed E-state index contributed by atoms with van der Waals surface area (Å²) in [4.78, 5) is 13.1. The van der Waals surface area contributed by atoms with E-state index in [0.717, 1.165) is 25.1 Å². The average molecular weight is 234 g/mol. The lowest BCUT2D eigenvalue weighted by atomic mass is 9.98. The maximum atomic E-state index is 11.2. The number of carboxylic acids is 1. The molecule has 4 heteroatoms. The SMILES string of the molecule is Cc1ccc2c(c1)CCCN2C(CN)C(=O)O. The molecule has 1 aliphatic rings. The summed E-state index contributed by atoms with van der Waals surface area (Å²) in [7, 11) is 0. The van der Waals surface area contributed by atoms with Crippen molar-refractivity contribution in [1.29, 1.82) is 0 Å². The molecule has 0 saturated carbocycles. The van der Waals surface area contributed by atoms with Crippen LogP contribution in [0.15, 0.2) is 18.2 Å². The zero-order valence-corrected chi connectivity index (χ0v) is 10.0. The van der Waals surface area contributed by atoms with Crippen LogP contribution in [-0.4, -0.2) is 30.2 Å². The molecule has 1 aliphatic heterocycles. The summed E-state index contributed by atoms with van der Waals surface area (Å²) in [6.45, 7) is 2.96. The Bertz CT molecular complexity index is 431. The molecule has 0 fully saturated rings.